The van der Waals surface area contributed by atoms with Gasteiger partial charge >= 0.3 is 6.03 Å². The van der Waals surface area contributed by atoms with Crippen molar-refractivity contribution in [2.24, 2.45) is 17.4 Å². The molecule has 5 N–H and O–H groups in total. The minimum Gasteiger partial charge on any atom is -0.351 e. The maximum atomic E-state index is 11.3. The number of hydrogen-bond acceptors (Lipinski definition) is 4. The van der Waals surface area contributed by atoms with Crippen molar-refractivity contribution in [3.8, 4) is 0 Å². The number of urea groups is 1. The summed E-state index contributed by atoms with van der Waals surface area (Å²) in [4.78, 5) is 23.7. The Morgan fingerprint density at radius 1 is 1.53 bits per heavy atom. The summed E-state index contributed by atoms with van der Waals surface area (Å²) in [5, 5.41) is 2.05. The number of nitrogens with zero attached hydrogens (tertiary/aromatic N) is 1. The summed E-state index contributed by atoms with van der Waals surface area (Å²) in [6.45, 7) is 3.70. The Morgan fingerprint density at radius 3 is 2.67 bits per heavy atom. The van der Waals surface area contributed by atoms with E-state index in [0.29, 0.717) is 18.5 Å². The first-order valence-corrected chi connectivity index (χ1v) is 5.06. The lowest BCUT2D eigenvalue weighted by molar-refractivity contribution is -0.121. The highest BCUT2D eigenvalue weighted by Gasteiger charge is 2.29. The highest BCUT2D eigenvalue weighted by molar-refractivity contribution is 5.94. The van der Waals surface area contributed by atoms with E-state index in [1.807, 2.05) is 11.8 Å². The second kappa shape index (κ2) is 5.09. The molecule has 1 aliphatic heterocycles. The molecule has 86 valence electrons. The predicted molar refractivity (Wildman–Crippen MR) is 55.9 cm³/mol. The van der Waals surface area contributed by atoms with Gasteiger partial charge in [0.15, 0.2) is 0 Å². The number of nitrogens with two attached hydrogens (primary N) is 2. The predicted octanol–water partition coefficient (Wildman–Crippen LogP) is -1.15. The lowest BCUT2D eigenvalue weighted by Gasteiger charge is -2.19. The number of rotatable bonds is 3. The molecule has 1 heterocycles. The van der Waals surface area contributed by atoms with Crippen molar-refractivity contribution >= 4 is 11.9 Å². The highest BCUT2D eigenvalue weighted by Crippen LogP contribution is 2.21. The largest absolute Gasteiger partial charge is 0.351 e. The zero-order valence-electron chi connectivity index (χ0n) is 8.90. The number of likely N-dealkylation sites (tertiary alicyclic amines) is 1. The summed E-state index contributed by atoms with van der Waals surface area (Å²) < 4.78 is 0. The van der Waals surface area contributed by atoms with Crippen LogP contribution in [0.3, 0.4) is 0 Å². The molecule has 0 bridgehead atoms. The summed E-state index contributed by atoms with van der Waals surface area (Å²) >= 11 is 0. The smallest absolute Gasteiger partial charge is 0.318 e. The molecule has 6 nitrogen and oxygen atoms in total. The molecule has 1 rings (SSSR count). The highest BCUT2D eigenvalue weighted by atomic mass is 16.2. The van der Waals surface area contributed by atoms with Crippen LogP contribution >= 0.6 is 0 Å². The molecule has 1 saturated heterocycles. The fourth-order valence-electron chi connectivity index (χ4n) is 1.97. The summed E-state index contributed by atoms with van der Waals surface area (Å²) in [6.07, 6.45) is 1.00. The van der Waals surface area contributed by atoms with Gasteiger partial charge in [-0.05, 0) is 25.8 Å². The van der Waals surface area contributed by atoms with Gasteiger partial charge in [0.1, 0.15) is 0 Å². The van der Waals surface area contributed by atoms with Gasteiger partial charge in [-0.25, -0.2) is 4.79 Å². The van der Waals surface area contributed by atoms with E-state index in [1.54, 1.807) is 0 Å². The maximum Gasteiger partial charge on any atom is 0.318 e. The zero-order valence-corrected chi connectivity index (χ0v) is 8.90. The number of carbonyl (C=O) groups is 2. The third-order valence-corrected chi connectivity index (χ3v) is 2.73. The van der Waals surface area contributed by atoms with Crippen molar-refractivity contribution in [1.82, 2.24) is 10.2 Å². The van der Waals surface area contributed by atoms with E-state index in [-0.39, 0.29) is 12.5 Å². The molecule has 1 fully saturated rings. The molecule has 15 heavy (non-hydrogen) atoms. The standard InChI is InChI=1S/C9H18N4O2/c1-6-2-7(3-10)4-13(6)5-8(14)12-9(11)15/h6-7H,2-5,10H2,1H3,(H3,11,12,14,15). The minimum absolute atomic E-state index is 0.209. The van der Waals surface area contributed by atoms with Gasteiger partial charge in [-0.1, -0.05) is 0 Å². The van der Waals surface area contributed by atoms with E-state index in [2.05, 4.69) is 5.32 Å². The summed E-state index contributed by atoms with van der Waals surface area (Å²) in [5.41, 5.74) is 10.4. The fourth-order valence-corrected chi connectivity index (χ4v) is 1.97. The number of nitrogens with one attached hydrogen (secondary N) is 1. The molecule has 0 aliphatic carbocycles. The van der Waals surface area contributed by atoms with Crippen LogP contribution in [0.2, 0.25) is 0 Å². The third kappa shape index (κ3) is 3.49. The van der Waals surface area contributed by atoms with Crippen LogP contribution in [0.4, 0.5) is 4.79 Å². The SMILES string of the molecule is CC1CC(CN)CN1CC(=O)NC(N)=O. The quantitative estimate of drug-likeness (QED) is 0.552. The topological polar surface area (TPSA) is 101 Å². The Morgan fingerprint density at radius 2 is 2.20 bits per heavy atom. The molecule has 2 unspecified atom stereocenters. The van der Waals surface area contributed by atoms with Gasteiger partial charge in [0.05, 0.1) is 6.54 Å². The van der Waals surface area contributed by atoms with E-state index in [9.17, 15) is 9.59 Å². The van der Waals surface area contributed by atoms with Gasteiger partial charge in [-0.15, -0.1) is 0 Å². The average Bonchev–Trinajstić information content (AvgIpc) is 2.46. The number of imide groups is 1. The first kappa shape index (κ1) is 11.9. The summed E-state index contributed by atoms with van der Waals surface area (Å²) in [6, 6.07) is -0.473. The molecule has 0 saturated carbocycles. The van der Waals surface area contributed by atoms with Crippen LogP contribution in [-0.4, -0.2) is 42.5 Å². The number of hydrogen-bond donors (Lipinski definition) is 3. The molecular formula is C9H18N4O2. The number of carbonyl (C=O) groups excluding carboxylic acids is 2. The average molecular weight is 214 g/mol. The van der Waals surface area contributed by atoms with Crippen LogP contribution in [-0.2, 0) is 4.79 Å². The fraction of sp³-hybridized carbons (Fsp3) is 0.778. The molecule has 1 aliphatic rings. The van der Waals surface area contributed by atoms with Crippen LogP contribution < -0.4 is 16.8 Å². The van der Waals surface area contributed by atoms with Gasteiger partial charge in [-0.3, -0.25) is 15.0 Å². The Labute approximate surface area is 89.0 Å². The van der Waals surface area contributed by atoms with Crippen molar-refractivity contribution < 1.29 is 9.59 Å². The first-order valence-electron chi connectivity index (χ1n) is 5.06. The number of amides is 3. The Hall–Kier alpha value is -1.14. The van der Waals surface area contributed by atoms with Crippen molar-refractivity contribution in [2.45, 2.75) is 19.4 Å². The van der Waals surface area contributed by atoms with E-state index < -0.39 is 6.03 Å². The van der Waals surface area contributed by atoms with Crippen LogP contribution in [0.25, 0.3) is 0 Å². The molecular weight excluding hydrogens is 196 g/mol. The second-order valence-electron chi connectivity index (χ2n) is 4.03. The Bertz CT molecular complexity index is 256. The van der Waals surface area contributed by atoms with E-state index >= 15 is 0 Å². The van der Waals surface area contributed by atoms with Crippen LogP contribution in [0.15, 0.2) is 0 Å². The van der Waals surface area contributed by atoms with Gasteiger partial charge in [0.25, 0.3) is 0 Å². The van der Waals surface area contributed by atoms with Crippen LogP contribution in [0.1, 0.15) is 13.3 Å². The minimum atomic E-state index is -0.803. The van der Waals surface area contributed by atoms with Crippen LogP contribution in [0.5, 0.6) is 0 Å². The van der Waals surface area contributed by atoms with E-state index in [4.69, 9.17) is 11.5 Å². The molecule has 0 aromatic heterocycles. The van der Waals surface area contributed by atoms with E-state index in [1.165, 1.54) is 0 Å². The van der Waals surface area contributed by atoms with Gasteiger partial charge in [-0.2, -0.15) is 0 Å². The molecule has 0 aromatic rings. The van der Waals surface area contributed by atoms with Crippen molar-refractivity contribution in [2.75, 3.05) is 19.6 Å². The van der Waals surface area contributed by atoms with E-state index in [0.717, 1.165) is 13.0 Å². The normalized spacial score (nSPS) is 26.5. The third-order valence-electron chi connectivity index (χ3n) is 2.73. The molecule has 2 atom stereocenters. The maximum absolute atomic E-state index is 11.3. The molecule has 0 spiro atoms. The molecule has 6 heteroatoms. The van der Waals surface area contributed by atoms with Gasteiger partial charge < -0.3 is 11.5 Å². The lowest BCUT2D eigenvalue weighted by Crippen LogP contribution is -2.43. The Kier molecular flexibility index (Phi) is 4.05. The molecule has 0 radical (unpaired) electrons. The van der Waals surface area contributed by atoms with Crippen molar-refractivity contribution in [3.63, 3.8) is 0 Å². The second-order valence-corrected chi connectivity index (χ2v) is 4.03. The molecule has 0 aromatic carbocycles. The lowest BCUT2D eigenvalue weighted by atomic mass is 10.1. The summed E-state index contributed by atoms with van der Waals surface area (Å²) in [7, 11) is 0. The first-order chi connectivity index (χ1) is 7.02. The monoisotopic (exact) mass is 214 g/mol. The summed E-state index contributed by atoms with van der Waals surface area (Å²) in [5.74, 6) is 0.0911. The van der Waals surface area contributed by atoms with Crippen LogP contribution in [0, 0.1) is 5.92 Å². The Balaban J connectivity index is 2.38. The number of primary amides is 1. The van der Waals surface area contributed by atoms with Gasteiger partial charge in [0, 0.05) is 12.6 Å². The molecule has 3 amide bonds. The van der Waals surface area contributed by atoms with Crippen molar-refractivity contribution in [1.29, 1.82) is 0 Å². The zero-order chi connectivity index (χ0) is 11.4. The van der Waals surface area contributed by atoms with Gasteiger partial charge in [0.2, 0.25) is 5.91 Å². The van der Waals surface area contributed by atoms with Crippen molar-refractivity contribution in [3.05, 3.63) is 0 Å².